The molecule has 1 saturated carbocycles. The fraction of sp³-hybridized carbons (Fsp3) is 0.536. The number of hydrogen-bond acceptors (Lipinski definition) is 2. The first kappa shape index (κ1) is 29.0. The van der Waals surface area contributed by atoms with Gasteiger partial charge in [0.25, 0.3) is 0 Å². The first-order valence-corrected chi connectivity index (χ1v) is 12.5. The average molecular weight is 530 g/mol. The van der Waals surface area contributed by atoms with Crippen LogP contribution in [0.4, 0.5) is 26.3 Å². The molecule has 3 atom stereocenters. The van der Waals surface area contributed by atoms with E-state index in [1.54, 1.807) is 0 Å². The third-order valence-corrected chi connectivity index (χ3v) is 7.18. The molecule has 1 aliphatic carbocycles. The van der Waals surface area contributed by atoms with Crippen molar-refractivity contribution in [1.29, 1.82) is 0 Å². The molecule has 0 amide bonds. The number of carbonyl (C=O) groups is 1. The number of rotatable bonds is 9. The van der Waals surface area contributed by atoms with Gasteiger partial charge >= 0.3 is 18.3 Å². The van der Waals surface area contributed by atoms with E-state index in [0.29, 0.717) is 38.3 Å². The van der Waals surface area contributed by atoms with Crippen molar-refractivity contribution in [2.24, 2.45) is 11.8 Å². The summed E-state index contributed by atoms with van der Waals surface area (Å²) in [7, 11) is 0. The standard InChI is InChI=1S/C28H33F6NO2/c1-18(2)13-14-35(17-19-3-8-22(9-4-19)27(29,30)31)25-12-5-20(16-26(36)37)15-24(25)21-6-10-23(11-7-21)28(32,33)34/h3-4,6-11,18,20,24-25H,5,12-17H2,1-2H3,(H,36,37)/t20-,24+,25-/m0/s1. The smallest absolute Gasteiger partial charge is 0.416 e. The maximum Gasteiger partial charge on any atom is 0.416 e. The van der Waals surface area contributed by atoms with Crippen LogP contribution in [0.5, 0.6) is 0 Å². The maximum absolute atomic E-state index is 13.1. The molecule has 0 saturated heterocycles. The lowest BCUT2D eigenvalue weighted by atomic mass is 9.72. The highest BCUT2D eigenvalue weighted by molar-refractivity contribution is 5.67. The Morgan fingerprint density at radius 2 is 1.46 bits per heavy atom. The summed E-state index contributed by atoms with van der Waals surface area (Å²) in [4.78, 5) is 13.6. The van der Waals surface area contributed by atoms with E-state index in [4.69, 9.17) is 0 Å². The number of nitrogens with zero attached hydrogens (tertiary/aromatic N) is 1. The number of hydrogen-bond donors (Lipinski definition) is 1. The van der Waals surface area contributed by atoms with Crippen LogP contribution in [0, 0.1) is 11.8 Å². The van der Waals surface area contributed by atoms with Crippen LogP contribution >= 0.6 is 0 Å². The van der Waals surface area contributed by atoms with Gasteiger partial charge in [0.1, 0.15) is 0 Å². The molecule has 0 aromatic heterocycles. The fourth-order valence-electron chi connectivity index (χ4n) is 5.21. The summed E-state index contributed by atoms with van der Waals surface area (Å²) in [6.07, 6.45) is -6.20. The van der Waals surface area contributed by atoms with Gasteiger partial charge in [-0.2, -0.15) is 26.3 Å². The van der Waals surface area contributed by atoms with Crippen molar-refractivity contribution >= 4 is 5.97 Å². The molecule has 9 heteroatoms. The minimum absolute atomic E-state index is 0.00521. The number of halogens is 6. The number of carboxylic acid groups (broad SMARTS) is 1. The molecule has 0 unspecified atom stereocenters. The Kier molecular flexibility index (Phi) is 9.32. The minimum atomic E-state index is -4.46. The largest absolute Gasteiger partial charge is 0.481 e. The molecule has 2 aromatic rings. The van der Waals surface area contributed by atoms with Crippen molar-refractivity contribution in [2.75, 3.05) is 6.54 Å². The molecule has 204 valence electrons. The quantitative estimate of drug-likeness (QED) is 0.335. The summed E-state index contributed by atoms with van der Waals surface area (Å²) in [5.41, 5.74) is -0.0282. The Morgan fingerprint density at radius 3 is 1.95 bits per heavy atom. The van der Waals surface area contributed by atoms with E-state index in [2.05, 4.69) is 18.7 Å². The molecule has 0 aliphatic heterocycles. The highest BCUT2D eigenvalue weighted by Crippen LogP contribution is 2.42. The zero-order valence-corrected chi connectivity index (χ0v) is 20.9. The molecule has 0 spiro atoms. The summed E-state index contributed by atoms with van der Waals surface area (Å²) in [6, 6.07) is 10.0. The van der Waals surface area contributed by atoms with E-state index < -0.39 is 29.4 Å². The van der Waals surface area contributed by atoms with Crippen LogP contribution in [0.15, 0.2) is 48.5 Å². The van der Waals surface area contributed by atoms with Gasteiger partial charge in [-0.15, -0.1) is 0 Å². The van der Waals surface area contributed by atoms with E-state index in [9.17, 15) is 36.2 Å². The average Bonchev–Trinajstić information content (AvgIpc) is 2.80. The molecule has 1 aliphatic rings. The predicted molar refractivity (Wildman–Crippen MR) is 129 cm³/mol. The second kappa shape index (κ2) is 11.9. The Labute approximate surface area is 213 Å². The third kappa shape index (κ3) is 8.22. The second-order valence-electron chi connectivity index (χ2n) is 10.4. The van der Waals surface area contributed by atoms with Crippen molar-refractivity contribution in [3.8, 4) is 0 Å². The molecule has 37 heavy (non-hydrogen) atoms. The van der Waals surface area contributed by atoms with Crippen molar-refractivity contribution < 1.29 is 36.2 Å². The molecule has 1 N–H and O–H groups in total. The number of carboxylic acids is 1. The van der Waals surface area contributed by atoms with Gasteiger partial charge < -0.3 is 5.11 Å². The molecule has 0 bridgehead atoms. The third-order valence-electron chi connectivity index (χ3n) is 7.18. The van der Waals surface area contributed by atoms with Crippen LogP contribution in [-0.4, -0.2) is 28.6 Å². The predicted octanol–water partition coefficient (Wildman–Crippen LogP) is 8.00. The monoisotopic (exact) mass is 529 g/mol. The fourth-order valence-corrected chi connectivity index (χ4v) is 5.21. The first-order chi connectivity index (χ1) is 17.2. The highest BCUT2D eigenvalue weighted by Gasteiger charge is 2.37. The van der Waals surface area contributed by atoms with Crippen LogP contribution in [0.3, 0.4) is 0 Å². The Morgan fingerprint density at radius 1 is 0.919 bits per heavy atom. The zero-order chi connectivity index (χ0) is 27.4. The highest BCUT2D eigenvalue weighted by atomic mass is 19.4. The van der Waals surface area contributed by atoms with Crippen LogP contribution in [0.25, 0.3) is 0 Å². The van der Waals surface area contributed by atoms with Crippen LogP contribution in [0.2, 0.25) is 0 Å². The molecule has 2 aromatic carbocycles. The van der Waals surface area contributed by atoms with Gasteiger partial charge in [-0.05, 0) is 85.4 Å². The van der Waals surface area contributed by atoms with Crippen LogP contribution < -0.4 is 0 Å². The molecule has 0 heterocycles. The van der Waals surface area contributed by atoms with Gasteiger partial charge in [-0.1, -0.05) is 38.1 Å². The van der Waals surface area contributed by atoms with Crippen LogP contribution in [0.1, 0.15) is 74.1 Å². The lowest BCUT2D eigenvalue weighted by molar-refractivity contribution is -0.139. The minimum Gasteiger partial charge on any atom is -0.481 e. The molecule has 0 radical (unpaired) electrons. The second-order valence-corrected chi connectivity index (χ2v) is 10.4. The summed E-state index contributed by atoms with van der Waals surface area (Å²) in [5.74, 6) is -0.819. The number of aliphatic carboxylic acids is 1. The summed E-state index contributed by atoms with van der Waals surface area (Å²) in [6.45, 7) is 5.22. The van der Waals surface area contributed by atoms with Gasteiger partial charge in [0.05, 0.1) is 11.1 Å². The van der Waals surface area contributed by atoms with E-state index in [-0.39, 0.29) is 24.3 Å². The Hall–Kier alpha value is -2.55. The Balaban J connectivity index is 1.92. The van der Waals surface area contributed by atoms with Crippen molar-refractivity contribution in [1.82, 2.24) is 4.90 Å². The molecule has 3 nitrogen and oxygen atoms in total. The van der Waals surface area contributed by atoms with Crippen molar-refractivity contribution in [3.63, 3.8) is 0 Å². The Bertz CT molecular complexity index is 1010. The molecule has 3 rings (SSSR count). The van der Waals surface area contributed by atoms with Crippen molar-refractivity contribution in [2.45, 2.75) is 76.8 Å². The lowest BCUT2D eigenvalue weighted by Crippen LogP contribution is -2.43. The van der Waals surface area contributed by atoms with Gasteiger partial charge in [0, 0.05) is 19.0 Å². The van der Waals surface area contributed by atoms with E-state index in [1.807, 2.05) is 0 Å². The first-order valence-electron chi connectivity index (χ1n) is 12.5. The van der Waals surface area contributed by atoms with Gasteiger partial charge in [-0.3, -0.25) is 9.69 Å². The van der Waals surface area contributed by atoms with Crippen LogP contribution in [-0.2, 0) is 23.7 Å². The summed E-state index contributed by atoms with van der Waals surface area (Å²) in [5, 5.41) is 9.33. The van der Waals surface area contributed by atoms with E-state index >= 15 is 0 Å². The normalized spacial score (nSPS) is 21.0. The van der Waals surface area contributed by atoms with E-state index in [0.717, 1.165) is 41.8 Å². The number of benzene rings is 2. The van der Waals surface area contributed by atoms with E-state index in [1.165, 1.54) is 24.3 Å². The topological polar surface area (TPSA) is 40.5 Å². The summed E-state index contributed by atoms with van der Waals surface area (Å²) >= 11 is 0. The zero-order valence-electron chi connectivity index (χ0n) is 20.9. The van der Waals surface area contributed by atoms with Gasteiger partial charge in [0.2, 0.25) is 0 Å². The maximum atomic E-state index is 13.1. The summed E-state index contributed by atoms with van der Waals surface area (Å²) < 4.78 is 78.5. The van der Waals surface area contributed by atoms with Gasteiger partial charge in [0.15, 0.2) is 0 Å². The van der Waals surface area contributed by atoms with Crippen molar-refractivity contribution in [3.05, 3.63) is 70.8 Å². The van der Waals surface area contributed by atoms with Gasteiger partial charge in [-0.25, -0.2) is 0 Å². The lowest BCUT2D eigenvalue weighted by Gasteiger charge is -2.43. The molecule has 1 fully saturated rings. The SMILES string of the molecule is CC(C)CCN(Cc1ccc(C(F)(F)F)cc1)[C@H]1CC[C@H](CC(=O)O)C[C@@H]1c1ccc(C(F)(F)F)cc1. The molecular weight excluding hydrogens is 496 g/mol. The number of alkyl halides is 6. The molecular formula is C28H33F6NO2.